The highest BCUT2D eigenvalue weighted by Gasteiger charge is 2.31. The van der Waals surface area contributed by atoms with Crippen molar-refractivity contribution in [1.29, 1.82) is 0 Å². The maximum absolute atomic E-state index is 13.0. The van der Waals surface area contributed by atoms with Crippen molar-refractivity contribution in [3.05, 3.63) is 69.7 Å². The molecule has 6 nitrogen and oxygen atoms in total. The van der Waals surface area contributed by atoms with Crippen LogP contribution in [0.25, 0.3) is 5.57 Å². The van der Waals surface area contributed by atoms with Crippen LogP contribution in [0.5, 0.6) is 0 Å². The minimum Gasteiger partial charge on any atom is -0.496 e. The lowest BCUT2D eigenvalue weighted by atomic mass is 9.93. The van der Waals surface area contributed by atoms with E-state index < -0.39 is 23.7 Å². The average molecular weight is 499 g/mol. The number of ether oxygens (including phenoxy) is 1. The summed E-state index contributed by atoms with van der Waals surface area (Å²) in [6, 6.07) is 4.34. The Labute approximate surface area is 199 Å². The van der Waals surface area contributed by atoms with Gasteiger partial charge in [0.15, 0.2) is 0 Å². The zero-order valence-electron chi connectivity index (χ0n) is 17.9. The van der Waals surface area contributed by atoms with Gasteiger partial charge in [-0.15, -0.1) is 0 Å². The number of methoxy groups -OCH3 is 1. The van der Waals surface area contributed by atoms with Crippen molar-refractivity contribution in [2.24, 2.45) is 12.8 Å². The molecule has 11 heteroatoms. The molecule has 0 unspecified atom stereocenters. The zero-order valence-corrected chi connectivity index (χ0v) is 19.4. The monoisotopic (exact) mass is 498 g/mol. The Kier molecular flexibility index (Phi) is 7.61. The van der Waals surface area contributed by atoms with Gasteiger partial charge in [-0.25, -0.2) is 0 Å². The molecule has 0 spiro atoms. The second-order valence-electron chi connectivity index (χ2n) is 7.48. The standard InChI is InChI=1S/C22H22ClF3N4O2S/c1-30-20(17(23)11-28-30)15-9-19(33)16(8-18(15)32-2)21(31)29-14(10-27)7-12-4-3-5-13(6-12)22(24,25)26/h3-6,8,11,14H,7,9-10,27H2,1-2H3,(H,29,31)/t14-/m0/s1. The van der Waals surface area contributed by atoms with Crippen molar-refractivity contribution >= 4 is 40.2 Å². The first kappa shape index (κ1) is 24.9. The van der Waals surface area contributed by atoms with Crippen LogP contribution in [0.3, 0.4) is 0 Å². The van der Waals surface area contributed by atoms with E-state index in [2.05, 4.69) is 10.4 Å². The molecule has 33 heavy (non-hydrogen) atoms. The van der Waals surface area contributed by atoms with Gasteiger partial charge in [-0.05, 0) is 24.1 Å². The molecule has 3 N–H and O–H groups in total. The highest BCUT2D eigenvalue weighted by Crippen LogP contribution is 2.34. The Balaban J connectivity index is 1.82. The summed E-state index contributed by atoms with van der Waals surface area (Å²) in [5.74, 6) is -0.0615. The largest absolute Gasteiger partial charge is 0.496 e. The number of carbonyl (C=O) groups is 1. The van der Waals surface area contributed by atoms with Crippen molar-refractivity contribution in [2.75, 3.05) is 13.7 Å². The van der Waals surface area contributed by atoms with E-state index in [1.54, 1.807) is 17.8 Å². The van der Waals surface area contributed by atoms with E-state index >= 15 is 0 Å². The molecular formula is C22H22ClF3N4O2S. The fourth-order valence-corrected chi connectivity index (χ4v) is 4.16. The summed E-state index contributed by atoms with van der Waals surface area (Å²) in [5.41, 5.74) is 7.00. The van der Waals surface area contributed by atoms with Crippen LogP contribution < -0.4 is 11.1 Å². The molecule has 2 aromatic rings. The van der Waals surface area contributed by atoms with Crippen LogP contribution in [0.2, 0.25) is 5.02 Å². The van der Waals surface area contributed by atoms with Crippen molar-refractivity contribution in [1.82, 2.24) is 15.1 Å². The quantitative estimate of drug-likeness (QED) is 0.567. The number of amides is 1. The van der Waals surface area contributed by atoms with Gasteiger partial charge in [-0.3, -0.25) is 9.48 Å². The number of allylic oxidation sites excluding steroid dienone is 2. The van der Waals surface area contributed by atoms with Gasteiger partial charge in [0, 0.05) is 36.5 Å². The first-order chi connectivity index (χ1) is 15.5. The minimum absolute atomic E-state index is 0.0326. The first-order valence-electron chi connectivity index (χ1n) is 9.92. The molecule has 1 aliphatic carbocycles. The van der Waals surface area contributed by atoms with Crippen molar-refractivity contribution in [3.8, 4) is 0 Å². The van der Waals surface area contributed by atoms with E-state index in [0.717, 1.165) is 12.1 Å². The lowest BCUT2D eigenvalue weighted by molar-refractivity contribution is -0.137. The van der Waals surface area contributed by atoms with E-state index in [0.29, 0.717) is 32.5 Å². The molecule has 0 radical (unpaired) electrons. The Morgan fingerprint density at radius 1 is 1.42 bits per heavy atom. The maximum atomic E-state index is 13.0. The van der Waals surface area contributed by atoms with E-state index in [9.17, 15) is 18.0 Å². The number of alkyl halides is 3. The third-order valence-corrected chi connectivity index (χ3v) is 5.85. The highest BCUT2D eigenvalue weighted by atomic mass is 35.5. The molecule has 1 aromatic carbocycles. The predicted molar refractivity (Wildman–Crippen MR) is 124 cm³/mol. The fourth-order valence-electron chi connectivity index (χ4n) is 3.58. The summed E-state index contributed by atoms with van der Waals surface area (Å²) in [6.07, 6.45) is -1.05. The lowest BCUT2D eigenvalue weighted by Crippen LogP contribution is -2.43. The smallest absolute Gasteiger partial charge is 0.416 e. The molecule has 0 fully saturated rings. The Morgan fingerprint density at radius 3 is 2.73 bits per heavy atom. The summed E-state index contributed by atoms with van der Waals surface area (Å²) in [5, 5.41) is 7.31. The molecule has 1 heterocycles. The van der Waals surface area contributed by atoms with Crippen LogP contribution in [-0.4, -0.2) is 40.2 Å². The number of benzene rings is 1. The third-order valence-electron chi connectivity index (χ3n) is 5.21. The van der Waals surface area contributed by atoms with Gasteiger partial charge in [-0.2, -0.15) is 18.3 Å². The zero-order chi connectivity index (χ0) is 24.3. The molecule has 0 aliphatic heterocycles. The van der Waals surface area contributed by atoms with E-state index in [1.165, 1.54) is 25.4 Å². The van der Waals surface area contributed by atoms with Gasteiger partial charge >= 0.3 is 6.18 Å². The fraction of sp³-hybridized carbons (Fsp3) is 0.318. The molecular weight excluding hydrogens is 477 g/mol. The normalized spacial score (nSPS) is 15.4. The Bertz CT molecular complexity index is 1120. The number of thiocarbonyl (C=S) groups is 1. The van der Waals surface area contributed by atoms with Crippen LogP contribution in [0, 0.1) is 0 Å². The topological polar surface area (TPSA) is 82.2 Å². The van der Waals surface area contributed by atoms with Crippen LogP contribution in [-0.2, 0) is 29.2 Å². The average Bonchev–Trinajstić information content (AvgIpc) is 3.10. The van der Waals surface area contributed by atoms with E-state index in [1.807, 2.05) is 0 Å². The molecule has 0 saturated carbocycles. The number of hydrogen-bond donors (Lipinski definition) is 2. The molecule has 0 saturated heterocycles. The number of nitrogens with two attached hydrogens (primary N) is 1. The van der Waals surface area contributed by atoms with Crippen LogP contribution in [0.1, 0.15) is 23.2 Å². The number of aromatic nitrogens is 2. The SMILES string of the molecule is COC1=C(c2c(Cl)cnn2C)CC(=S)C(C(=O)N[C@H](CN)Cc2cccc(C(F)(F)F)c2)=C1. The number of hydrogen-bond acceptors (Lipinski definition) is 5. The number of nitrogens with one attached hydrogen (secondary N) is 1. The number of carbonyl (C=O) groups excluding carboxylic acids is 1. The van der Waals surface area contributed by atoms with Crippen molar-refractivity contribution in [3.63, 3.8) is 0 Å². The molecule has 1 aromatic heterocycles. The molecule has 0 bridgehead atoms. The summed E-state index contributed by atoms with van der Waals surface area (Å²) in [7, 11) is 3.20. The van der Waals surface area contributed by atoms with Gasteiger partial charge < -0.3 is 15.8 Å². The van der Waals surface area contributed by atoms with Gasteiger partial charge in [0.2, 0.25) is 0 Å². The van der Waals surface area contributed by atoms with Gasteiger partial charge in [-0.1, -0.05) is 42.0 Å². The summed E-state index contributed by atoms with van der Waals surface area (Å²) in [4.78, 5) is 13.3. The first-order valence-corrected chi connectivity index (χ1v) is 10.7. The molecule has 176 valence electrons. The number of rotatable bonds is 7. The third kappa shape index (κ3) is 5.63. The van der Waals surface area contributed by atoms with E-state index in [-0.39, 0.29) is 25.0 Å². The second kappa shape index (κ2) is 10.1. The number of halogens is 4. The van der Waals surface area contributed by atoms with Crippen molar-refractivity contribution in [2.45, 2.75) is 25.1 Å². The number of nitrogens with zero attached hydrogens (tertiary/aromatic N) is 2. The predicted octanol–water partition coefficient (Wildman–Crippen LogP) is 3.84. The second-order valence-corrected chi connectivity index (χ2v) is 8.38. The van der Waals surface area contributed by atoms with Gasteiger partial charge in [0.05, 0.1) is 35.2 Å². The molecule has 1 aliphatic rings. The van der Waals surface area contributed by atoms with Gasteiger partial charge in [0.1, 0.15) is 5.76 Å². The van der Waals surface area contributed by atoms with Crippen LogP contribution >= 0.6 is 23.8 Å². The van der Waals surface area contributed by atoms with Crippen LogP contribution in [0.15, 0.2) is 47.9 Å². The molecule has 3 rings (SSSR count). The Hall–Kier alpha value is -2.69. The van der Waals surface area contributed by atoms with Crippen LogP contribution in [0.4, 0.5) is 13.2 Å². The van der Waals surface area contributed by atoms with E-state index in [4.69, 9.17) is 34.3 Å². The van der Waals surface area contributed by atoms with Crippen molar-refractivity contribution < 1.29 is 22.7 Å². The highest BCUT2D eigenvalue weighted by molar-refractivity contribution is 7.81. The molecule has 1 amide bonds. The summed E-state index contributed by atoms with van der Waals surface area (Å²) in [6.45, 7) is 0.0326. The van der Waals surface area contributed by atoms with Gasteiger partial charge in [0.25, 0.3) is 5.91 Å². The molecule has 1 atom stereocenters. The maximum Gasteiger partial charge on any atom is 0.416 e. The Morgan fingerprint density at radius 2 is 2.15 bits per heavy atom. The number of aryl methyl sites for hydroxylation is 1. The lowest BCUT2D eigenvalue weighted by Gasteiger charge is -2.23. The summed E-state index contributed by atoms with van der Waals surface area (Å²) >= 11 is 11.7. The minimum atomic E-state index is -4.45. The summed E-state index contributed by atoms with van der Waals surface area (Å²) < 4.78 is 46.0.